The van der Waals surface area contributed by atoms with E-state index in [1.807, 2.05) is 20.8 Å². The number of nitrogens with one attached hydrogen (secondary N) is 3. The van der Waals surface area contributed by atoms with Gasteiger partial charge >= 0.3 is 6.09 Å². The van der Waals surface area contributed by atoms with Gasteiger partial charge in [-0.2, -0.15) is 0 Å². The number of carbonyl (C=O) groups is 1. The molecule has 1 atom stereocenters. The van der Waals surface area contributed by atoms with E-state index in [1.54, 1.807) is 7.05 Å². The highest BCUT2D eigenvalue weighted by Gasteiger charge is 2.18. The Kier molecular flexibility index (Phi) is 16.7. The number of rotatable bonds is 12. The number of guanidine groups is 1. The lowest BCUT2D eigenvalue weighted by Crippen LogP contribution is -2.49. The molecule has 0 saturated heterocycles. The zero-order chi connectivity index (χ0) is 21.6. The molecular formula is C18H39IN4O5S. The van der Waals surface area contributed by atoms with Gasteiger partial charge in [0.25, 0.3) is 0 Å². The zero-order valence-corrected chi connectivity index (χ0v) is 21.7. The molecule has 0 heterocycles. The third-order valence-corrected chi connectivity index (χ3v) is 4.41. The minimum Gasteiger partial charge on any atom is -0.444 e. The normalized spacial score (nSPS) is 13.2. The smallest absolute Gasteiger partial charge is 0.407 e. The van der Waals surface area contributed by atoms with Gasteiger partial charge in [0.05, 0.1) is 19.0 Å². The molecule has 0 rings (SSSR count). The molecule has 3 N–H and O–H groups in total. The van der Waals surface area contributed by atoms with Gasteiger partial charge in [-0.1, -0.05) is 19.8 Å². The molecule has 1 amide bonds. The van der Waals surface area contributed by atoms with Crippen molar-refractivity contribution in [3.63, 3.8) is 0 Å². The van der Waals surface area contributed by atoms with E-state index in [9.17, 15) is 13.2 Å². The van der Waals surface area contributed by atoms with Gasteiger partial charge < -0.3 is 25.4 Å². The van der Waals surface area contributed by atoms with Crippen LogP contribution in [0.5, 0.6) is 0 Å². The summed E-state index contributed by atoms with van der Waals surface area (Å²) in [5.74, 6) is 0.605. The zero-order valence-electron chi connectivity index (χ0n) is 18.5. The SMILES string of the molecule is CCCCC(CNC(=O)OC(C)(C)C)NC(=NC)NCCOCCS(C)(=O)=O.I. The molecule has 0 aliphatic carbocycles. The number of aliphatic imine (C=N–C) groups is 1. The Labute approximate surface area is 193 Å². The Morgan fingerprint density at radius 2 is 1.83 bits per heavy atom. The van der Waals surface area contributed by atoms with E-state index in [4.69, 9.17) is 9.47 Å². The summed E-state index contributed by atoms with van der Waals surface area (Å²) >= 11 is 0. The Hall–Kier alpha value is -0.820. The Morgan fingerprint density at radius 3 is 2.34 bits per heavy atom. The predicted octanol–water partition coefficient (Wildman–Crippen LogP) is 1.91. The number of carbonyl (C=O) groups excluding carboxylic acids is 1. The fourth-order valence-electron chi connectivity index (χ4n) is 2.14. The number of ether oxygens (including phenoxy) is 2. The topological polar surface area (TPSA) is 118 Å². The van der Waals surface area contributed by atoms with Crippen molar-refractivity contribution in [2.45, 2.75) is 58.6 Å². The first-order valence-corrected chi connectivity index (χ1v) is 11.7. The average molecular weight is 551 g/mol. The largest absolute Gasteiger partial charge is 0.444 e. The van der Waals surface area contributed by atoms with E-state index in [-0.39, 0.29) is 42.4 Å². The Bertz CT molecular complexity index is 579. The van der Waals surface area contributed by atoms with Crippen molar-refractivity contribution in [1.29, 1.82) is 0 Å². The molecule has 0 fully saturated rings. The van der Waals surface area contributed by atoms with Gasteiger partial charge in [0.2, 0.25) is 0 Å². The van der Waals surface area contributed by atoms with Crippen molar-refractivity contribution in [3.05, 3.63) is 0 Å². The minimum absolute atomic E-state index is 0. The van der Waals surface area contributed by atoms with Crippen molar-refractivity contribution >= 4 is 45.9 Å². The van der Waals surface area contributed by atoms with Gasteiger partial charge in [-0.05, 0) is 27.2 Å². The molecule has 174 valence electrons. The number of hydrogen-bond donors (Lipinski definition) is 3. The Balaban J connectivity index is 0. The molecule has 0 bridgehead atoms. The van der Waals surface area contributed by atoms with Crippen LogP contribution in [-0.2, 0) is 19.3 Å². The molecule has 0 saturated carbocycles. The second-order valence-corrected chi connectivity index (χ2v) is 9.87. The van der Waals surface area contributed by atoms with Crippen LogP contribution in [0.25, 0.3) is 0 Å². The molecule has 0 aromatic rings. The van der Waals surface area contributed by atoms with E-state index in [0.717, 1.165) is 19.3 Å². The van der Waals surface area contributed by atoms with E-state index in [2.05, 4.69) is 27.9 Å². The number of amides is 1. The van der Waals surface area contributed by atoms with Crippen LogP contribution in [0.2, 0.25) is 0 Å². The molecule has 0 radical (unpaired) electrons. The first kappa shape index (κ1) is 30.4. The lowest BCUT2D eigenvalue weighted by Gasteiger charge is -2.24. The van der Waals surface area contributed by atoms with E-state index < -0.39 is 21.5 Å². The van der Waals surface area contributed by atoms with E-state index in [0.29, 0.717) is 25.7 Å². The molecule has 0 aliphatic heterocycles. The van der Waals surface area contributed by atoms with Gasteiger partial charge in [-0.3, -0.25) is 4.99 Å². The molecule has 0 aliphatic rings. The lowest BCUT2D eigenvalue weighted by atomic mass is 10.1. The van der Waals surface area contributed by atoms with Crippen LogP contribution in [0.1, 0.15) is 47.0 Å². The summed E-state index contributed by atoms with van der Waals surface area (Å²) in [4.78, 5) is 16.0. The van der Waals surface area contributed by atoms with Crippen molar-refractivity contribution < 1.29 is 22.7 Å². The van der Waals surface area contributed by atoms with Gasteiger partial charge in [0, 0.05) is 32.4 Å². The molecular weight excluding hydrogens is 511 g/mol. The standard InChI is InChI=1S/C18H38N4O5S.HI/c1-7-8-9-15(14-21-17(23)27-18(2,3)4)22-16(19-5)20-10-11-26-12-13-28(6,24)25;/h15H,7-14H2,1-6H3,(H,21,23)(H2,19,20,22);1H. The van der Waals surface area contributed by atoms with Crippen LogP contribution in [0.3, 0.4) is 0 Å². The number of hydrogen-bond acceptors (Lipinski definition) is 6. The second-order valence-electron chi connectivity index (χ2n) is 7.61. The fraction of sp³-hybridized carbons (Fsp3) is 0.889. The van der Waals surface area contributed by atoms with Crippen LogP contribution in [0.15, 0.2) is 4.99 Å². The van der Waals surface area contributed by atoms with Crippen LogP contribution in [0, 0.1) is 0 Å². The fourth-order valence-corrected chi connectivity index (χ4v) is 2.56. The average Bonchev–Trinajstić information content (AvgIpc) is 2.56. The summed E-state index contributed by atoms with van der Waals surface area (Å²) in [7, 11) is -1.34. The number of sulfone groups is 1. The van der Waals surface area contributed by atoms with Gasteiger partial charge in [-0.25, -0.2) is 13.2 Å². The van der Waals surface area contributed by atoms with Crippen LogP contribution in [0.4, 0.5) is 4.79 Å². The van der Waals surface area contributed by atoms with Crippen molar-refractivity contribution in [2.24, 2.45) is 4.99 Å². The molecule has 0 aromatic heterocycles. The highest BCUT2D eigenvalue weighted by Crippen LogP contribution is 2.07. The first-order chi connectivity index (χ1) is 13.0. The monoisotopic (exact) mass is 550 g/mol. The van der Waals surface area contributed by atoms with E-state index >= 15 is 0 Å². The molecule has 9 nitrogen and oxygen atoms in total. The van der Waals surface area contributed by atoms with Gasteiger partial charge in [0.1, 0.15) is 15.4 Å². The van der Waals surface area contributed by atoms with E-state index in [1.165, 1.54) is 6.26 Å². The first-order valence-electron chi connectivity index (χ1n) is 9.66. The molecule has 0 aromatic carbocycles. The predicted molar refractivity (Wildman–Crippen MR) is 128 cm³/mol. The Morgan fingerprint density at radius 1 is 1.17 bits per heavy atom. The lowest BCUT2D eigenvalue weighted by molar-refractivity contribution is 0.0522. The maximum Gasteiger partial charge on any atom is 0.407 e. The molecule has 0 spiro atoms. The number of nitrogens with zero attached hydrogens (tertiary/aromatic N) is 1. The number of unbranched alkanes of at least 4 members (excludes halogenated alkanes) is 1. The van der Waals surface area contributed by atoms with Crippen LogP contribution in [-0.4, -0.2) is 77.5 Å². The number of alkyl carbamates (subject to hydrolysis) is 1. The minimum atomic E-state index is -3.01. The van der Waals surface area contributed by atoms with Crippen LogP contribution >= 0.6 is 24.0 Å². The quantitative estimate of drug-likeness (QED) is 0.147. The second kappa shape index (κ2) is 15.9. The molecule has 29 heavy (non-hydrogen) atoms. The summed E-state index contributed by atoms with van der Waals surface area (Å²) in [5, 5.41) is 9.20. The summed E-state index contributed by atoms with van der Waals surface area (Å²) in [6.07, 6.45) is 3.67. The number of halogens is 1. The maximum atomic E-state index is 11.9. The maximum absolute atomic E-state index is 11.9. The highest BCUT2D eigenvalue weighted by atomic mass is 127. The van der Waals surface area contributed by atoms with Crippen molar-refractivity contribution in [3.8, 4) is 0 Å². The summed E-state index contributed by atoms with van der Waals surface area (Å²) < 4.78 is 32.7. The summed E-state index contributed by atoms with van der Waals surface area (Å²) in [6.45, 7) is 9.02. The molecule has 11 heteroatoms. The third kappa shape index (κ3) is 20.2. The van der Waals surface area contributed by atoms with Crippen molar-refractivity contribution in [1.82, 2.24) is 16.0 Å². The van der Waals surface area contributed by atoms with Gasteiger partial charge in [0.15, 0.2) is 5.96 Å². The molecule has 1 unspecified atom stereocenters. The summed E-state index contributed by atoms with van der Waals surface area (Å²) in [6, 6.07) is 0.00446. The van der Waals surface area contributed by atoms with Gasteiger partial charge in [-0.15, -0.1) is 24.0 Å². The van der Waals surface area contributed by atoms with Crippen LogP contribution < -0.4 is 16.0 Å². The van der Waals surface area contributed by atoms with Crippen molar-refractivity contribution in [2.75, 3.05) is 45.4 Å². The highest BCUT2D eigenvalue weighted by molar-refractivity contribution is 14.0. The summed E-state index contributed by atoms with van der Waals surface area (Å²) in [5.41, 5.74) is -0.537. The third-order valence-electron chi connectivity index (χ3n) is 3.50.